The van der Waals surface area contributed by atoms with E-state index in [0.717, 1.165) is 12.1 Å². The van der Waals surface area contributed by atoms with Gasteiger partial charge in [0, 0.05) is 24.7 Å². The Hall–Kier alpha value is -1.03. The summed E-state index contributed by atoms with van der Waals surface area (Å²) in [6.07, 6.45) is 4.39. The summed E-state index contributed by atoms with van der Waals surface area (Å²) < 4.78 is 1.77. The summed E-state index contributed by atoms with van der Waals surface area (Å²) in [4.78, 5) is 0. The molecule has 0 bridgehead atoms. The van der Waals surface area contributed by atoms with Crippen LogP contribution < -0.4 is 5.32 Å². The lowest BCUT2D eigenvalue weighted by Crippen LogP contribution is -2.56. The van der Waals surface area contributed by atoms with Gasteiger partial charge in [-0.1, -0.05) is 13.8 Å². The largest absolute Gasteiger partial charge is 0.392 e. The van der Waals surface area contributed by atoms with Crippen LogP contribution in [0, 0.1) is 5.41 Å². The highest BCUT2D eigenvalue weighted by atomic mass is 16.3. The molecule has 78 valence electrons. The van der Waals surface area contributed by atoms with Crippen molar-refractivity contribution in [3.8, 4) is 0 Å². The fourth-order valence-electron chi connectivity index (χ4n) is 1.84. The summed E-state index contributed by atoms with van der Waals surface area (Å²) in [5, 5.41) is 17.0. The number of hydrogen-bond acceptors (Lipinski definition) is 3. The highest BCUT2D eigenvalue weighted by Crippen LogP contribution is 2.42. The molecule has 4 nitrogen and oxygen atoms in total. The van der Waals surface area contributed by atoms with E-state index in [1.807, 2.05) is 13.2 Å². The molecule has 14 heavy (non-hydrogen) atoms. The lowest BCUT2D eigenvalue weighted by molar-refractivity contribution is -0.0510. The van der Waals surface area contributed by atoms with Crippen molar-refractivity contribution in [2.45, 2.75) is 32.4 Å². The van der Waals surface area contributed by atoms with Gasteiger partial charge in [0.25, 0.3) is 0 Å². The summed E-state index contributed by atoms with van der Waals surface area (Å²) >= 11 is 0. The molecule has 1 saturated carbocycles. The van der Waals surface area contributed by atoms with Crippen LogP contribution >= 0.6 is 0 Å². The van der Waals surface area contributed by atoms with Gasteiger partial charge in [-0.15, -0.1) is 0 Å². The number of hydrogen-bond donors (Lipinski definition) is 2. The molecule has 0 amide bonds. The fraction of sp³-hybridized carbons (Fsp3) is 0.700. The smallest absolute Gasteiger partial charge is 0.0728 e. The molecule has 1 aliphatic rings. The molecule has 0 spiro atoms. The van der Waals surface area contributed by atoms with Crippen molar-refractivity contribution < 1.29 is 5.11 Å². The van der Waals surface area contributed by atoms with Gasteiger partial charge in [-0.05, 0) is 6.42 Å². The normalized spacial score (nSPS) is 29.7. The van der Waals surface area contributed by atoms with E-state index in [2.05, 4.69) is 24.3 Å². The maximum absolute atomic E-state index is 9.57. The number of rotatable bonds is 2. The van der Waals surface area contributed by atoms with Gasteiger partial charge in [0.05, 0.1) is 18.0 Å². The van der Waals surface area contributed by atoms with Crippen molar-refractivity contribution in [2.75, 3.05) is 5.32 Å². The van der Waals surface area contributed by atoms with Gasteiger partial charge in [0.1, 0.15) is 0 Å². The van der Waals surface area contributed by atoms with Crippen LogP contribution in [0.4, 0.5) is 5.69 Å². The average Bonchev–Trinajstić information content (AvgIpc) is 2.51. The van der Waals surface area contributed by atoms with Crippen LogP contribution in [0.3, 0.4) is 0 Å². The highest BCUT2D eigenvalue weighted by molar-refractivity contribution is 5.41. The number of anilines is 1. The van der Waals surface area contributed by atoms with Crippen LogP contribution in [0.1, 0.15) is 20.3 Å². The molecule has 0 aromatic carbocycles. The van der Waals surface area contributed by atoms with Gasteiger partial charge in [-0.2, -0.15) is 5.10 Å². The molecular formula is C10H17N3O. The van der Waals surface area contributed by atoms with Crippen molar-refractivity contribution in [3.63, 3.8) is 0 Å². The van der Waals surface area contributed by atoms with Crippen LogP contribution in [0.15, 0.2) is 12.4 Å². The van der Waals surface area contributed by atoms with E-state index in [0.29, 0.717) is 6.04 Å². The van der Waals surface area contributed by atoms with E-state index in [1.165, 1.54) is 0 Å². The molecule has 4 heteroatoms. The zero-order chi connectivity index (χ0) is 10.3. The number of aromatic nitrogens is 2. The second-order valence-electron chi connectivity index (χ2n) is 4.67. The predicted octanol–water partition coefficient (Wildman–Crippen LogP) is 0.991. The number of aliphatic hydroxyl groups excluding tert-OH is 1. The van der Waals surface area contributed by atoms with Crippen molar-refractivity contribution in [3.05, 3.63) is 12.4 Å². The zero-order valence-corrected chi connectivity index (χ0v) is 8.86. The molecule has 2 unspecified atom stereocenters. The van der Waals surface area contributed by atoms with Crippen molar-refractivity contribution >= 4 is 5.69 Å². The van der Waals surface area contributed by atoms with Gasteiger partial charge >= 0.3 is 0 Å². The van der Waals surface area contributed by atoms with Crippen LogP contribution in [0.25, 0.3) is 0 Å². The summed E-state index contributed by atoms with van der Waals surface area (Å²) in [6, 6.07) is 0.349. The Morgan fingerprint density at radius 3 is 2.79 bits per heavy atom. The quantitative estimate of drug-likeness (QED) is 0.740. The van der Waals surface area contributed by atoms with Gasteiger partial charge in [-0.3, -0.25) is 4.68 Å². The Bertz CT molecular complexity index is 332. The van der Waals surface area contributed by atoms with Crippen LogP contribution in [-0.4, -0.2) is 27.0 Å². The molecule has 2 N–H and O–H groups in total. The molecule has 1 heterocycles. The van der Waals surface area contributed by atoms with Gasteiger partial charge in [-0.25, -0.2) is 0 Å². The molecule has 0 aliphatic heterocycles. The van der Waals surface area contributed by atoms with E-state index < -0.39 is 0 Å². The van der Waals surface area contributed by atoms with Gasteiger partial charge < -0.3 is 10.4 Å². The summed E-state index contributed by atoms with van der Waals surface area (Å²) in [6.45, 7) is 4.16. The third kappa shape index (κ3) is 1.39. The first-order chi connectivity index (χ1) is 6.50. The summed E-state index contributed by atoms with van der Waals surface area (Å²) in [5.74, 6) is 0. The zero-order valence-electron chi connectivity index (χ0n) is 8.86. The predicted molar refractivity (Wildman–Crippen MR) is 55.0 cm³/mol. The van der Waals surface area contributed by atoms with Crippen molar-refractivity contribution in [2.24, 2.45) is 12.5 Å². The topological polar surface area (TPSA) is 50.1 Å². The summed E-state index contributed by atoms with van der Waals surface area (Å²) in [5.41, 5.74) is 0.994. The Morgan fingerprint density at radius 1 is 1.64 bits per heavy atom. The Morgan fingerprint density at radius 2 is 2.36 bits per heavy atom. The molecule has 2 rings (SSSR count). The van der Waals surface area contributed by atoms with Crippen LogP contribution in [0.2, 0.25) is 0 Å². The fourth-order valence-corrected chi connectivity index (χ4v) is 1.84. The number of aryl methyl sites for hydroxylation is 1. The van der Waals surface area contributed by atoms with Crippen molar-refractivity contribution in [1.82, 2.24) is 9.78 Å². The first kappa shape index (κ1) is 9.52. The Balaban J connectivity index is 2.00. The molecule has 2 atom stereocenters. The van der Waals surface area contributed by atoms with Gasteiger partial charge in [0.15, 0.2) is 0 Å². The number of aliphatic hydroxyl groups is 1. The molecule has 1 aromatic heterocycles. The highest BCUT2D eigenvalue weighted by Gasteiger charge is 2.47. The van der Waals surface area contributed by atoms with E-state index in [1.54, 1.807) is 10.9 Å². The standard InChI is InChI=1S/C10H17N3O/c1-10(2)8(4-9(10)14)12-7-5-11-13(3)6-7/h5-6,8-9,12,14H,4H2,1-3H3. The minimum Gasteiger partial charge on any atom is -0.392 e. The van der Waals surface area contributed by atoms with E-state index in [4.69, 9.17) is 0 Å². The van der Waals surface area contributed by atoms with E-state index in [9.17, 15) is 5.11 Å². The first-order valence-electron chi connectivity index (χ1n) is 4.93. The molecule has 1 aromatic rings. The molecule has 0 radical (unpaired) electrons. The monoisotopic (exact) mass is 195 g/mol. The second-order valence-corrected chi connectivity index (χ2v) is 4.67. The third-order valence-corrected chi connectivity index (χ3v) is 3.26. The maximum atomic E-state index is 9.57. The average molecular weight is 195 g/mol. The van der Waals surface area contributed by atoms with Crippen LogP contribution in [0.5, 0.6) is 0 Å². The molecule has 1 fully saturated rings. The third-order valence-electron chi connectivity index (χ3n) is 3.26. The minimum atomic E-state index is -0.184. The molecule has 0 saturated heterocycles. The second kappa shape index (κ2) is 2.98. The van der Waals surface area contributed by atoms with Crippen molar-refractivity contribution in [1.29, 1.82) is 0 Å². The maximum Gasteiger partial charge on any atom is 0.0728 e. The first-order valence-corrected chi connectivity index (χ1v) is 4.93. The lowest BCUT2D eigenvalue weighted by atomic mass is 9.64. The van der Waals surface area contributed by atoms with E-state index >= 15 is 0 Å². The molecule has 1 aliphatic carbocycles. The van der Waals surface area contributed by atoms with Gasteiger partial charge in [0.2, 0.25) is 0 Å². The minimum absolute atomic E-state index is 0.0319. The number of nitrogens with zero attached hydrogens (tertiary/aromatic N) is 2. The Kier molecular flexibility index (Phi) is 2.03. The SMILES string of the molecule is Cn1cc(NC2CC(O)C2(C)C)cn1. The number of nitrogens with one attached hydrogen (secondary N) is 1. The lowest BCUT2D eigenvalue weighted by Gasteiger charge is -2.49. The van der Waals surface area contributed by atoms with Crippen LogP contribution in [-0.2, 0) is 7.05 Å². The molecular weight excluding hydrogens is 178 g/mol. The summed E-state index contributed by atoms with van der Waals surface area (Å²) in [7, 11) is 1.89. The van der Waals surface area contributed by atoms with E-state index in [-0.39, 0.29) is 11.5 Å². The Labute approximate surface area is 83.9 Å².